The molecule has 0 fully saturated rings. The van der Waals surface area contributed by atoms with Crippen LogP contribution < -0.4 is 5.32 Å². The Kier molecular flexibility index (Phi) is 5.79. The first kappa shape index (κ1) is 16.0. The van der Waals surface area contributed by atoms with Crippen molar-refractivity contribution in [2.24, 2.45) is 5.92 Å². The van der Waals surface area contributed by atoms with E-state index < -0.39 is 11.7 Å². The van der Waals surface area contributed by atoms with E-state index >= 15 is 0 Å². The van der Waals surface area contributed by atoms with Gasteiger partial charge in [0.15, 0.2) is 0 Å². The van der Waals surface area contributed by atoms with E-state index in [4.69, 9.17) is 0 Å². The van der Waals surface area contributed by atoms with E-state index in [1.807, 2.05) is 6.92 Å². The first-order valence-corrected chi connectivity index (χ1v) is 6.59. The highest BCUT2D eigenvalue weighted by molar-refractivity contribution is 5.26. The van der Waals surface area contributed by atoms with Crippen LogP contribution >= 0.6 is 0 Å². The van der Waals surface area contributed by atoms with E-state index in [0.29, 0.717) is 18.8 Å². The number of alkyl halides is 3. The van der Waals surface area contributed by atoms with Crippen LogP contribution in [0.2, 0.25) is 0 Å². The molecule has 0 saturated heterocycles. The highest BCUT2D eigenvalue weighted by Crippen LogP contribution is 2.32. The summed E-state index contributed by atoms with van der Waals surface area (Å²) in [6.45, 7) is 6.96. The molecule has 0 bridgehead atoms. The Hall–Kier alpha value is -1.10. The molecule has 1 aromatic heterocycles. The van der Waals surface area contributed by atoms with Gasteiger partial charge in [-0.1, -0.05) is 20.8 Å². The van der Waals surface area contributed by atoms with Gasteiger partial charge in [-0.2, -0.15) is 13.2 Å². The predicted octanol–water partition coefficient (Wildman–Crippen LogP) is 3.67. The highest BCUT2D eigenvalue weighted by Gasteiger charge is 2.33. The summed E-state index contributed by atoms with van der Waals surface area (Å²) in [5.74, 6) is 0.394. The topological polar surface area (TPSA) is 24.9 Å². The summed E-state index contributed by atoms with van der Waals surface area (Å²) < 4.78 is 38.5. The zero-order valence-corrected chi connectivity index (χ0v) is 11.6. The van der Waals surface area contributed by atoms with Gasteiger partial charge in [0, 0.05) is 18.4 Å². The molecular weight excluding hydrogens is 253 g/mol. The minimum Gasteiger partial charge on any atom is -0.314 e. The molecule has 2 nitrogen and oxygen atoms in total. The lowest BCUT2D eigenvalue weighted by atomic mass is 9.95. The summed E-state index contributed by atoms with van der Waals surface area (Å²) in [6, 6.07) is 1.28. The van der Waals surface area contributed by atoms with Gasteiger partial charge in [-0.15, -0.1) is 0 Å². The van der Waals surface area contributed by atoms with Gasteiger partial charge in [0.05, 0.1) is 5.56 Å². The smallest absolute Gasteiger partial charge is 0.314 e. The van der Waals surface area contributed by atoms with Crippen LogP contribution in [0.15, 0.2) is 18.5 Å². The van der Waals surface area contributed by atoms with Gasteiger partial charge in [0.1, 0.15) is 0 Å². The first-order chi connectivity index (χ1) is 8.86. The predicted molar refractivity (Wildman–Crippen MR) is 69.9 cm³/mol. The Morgan fingerprint density at radius 3 is 2.53 bits per heavy atom. The maximum absolute atomic E-state index is 12.8. The van der Waals surface area contributed by atoms with Crippen molar-refractivity contribution in [3.63, 3.8) is 0 Å². The third-order valence-electron chi connectivity index (χ3n) is 3.20. The molecule has 0 amide bonds. The largest absolute Gasteiger partial charge is 0.416 e. The van der Waals surface area contributed by atoms with Crippen molar-refractivity contribution in [3.8, 4) is 0 Å². The number of aromatic nitrogens is 1. The van der Waals surface area contributed by atoms with Gasteiger partial charge in [-0.05, 0) is 36.9 Å². The first-order valence-electron chi connectivity index (χ1n) is 6.59. The molecular formula is C14H21F3N2. The third-order valence-corrected chi connectivity index (χ3v) is 3.20. The third kappa shape index (κ3) is 4.82. The van der Waals surface area contributed by atoms with E-state index in [9.17, 15) is 13.2 Å². The summed E-state index contributed by atoms with van der Waals surface area (Å²) in [4.78, 5) is 3.81. The van der Waals surface area contributed by atoms with Crippen molar-refractivity contribution < 1.29 is 13.2 Å². The average Bonchev–Trinajstić information content (AvgIpc) is 2.33. The van der Waals surface area contributed by atoms with Crippen LogP contribution in [-0.4, -0.2) is 17.6 Å². The Morgan fingerprint density at radius 1 is 1.32 bits per heavy atom. The molecule has 108 valence electrons. The molecule has 1 rings (SSSR count). The Balaban J connectivity index is 2.77. The number of nitrogens with zero attached hydrogens (tertiary/aromatic N) is 1. The second kappa shape index (κ2) is 6.89. The van der Waals surface area contributed by atoms with Gasteiger partial charge in [-0.3, -0.25) is 4.98 Å². The number of pyridine rings is 1. The van der Waals surface area contributed by atoms with Crippen LogP contribution in [0, 0.1) is 5.92 Å². The average molecular weight is 274 g/mol. The number of halogens is 3. The standard InChI is InChI=1S/C14H21F3N2/c1-4-19-13(10(2)3)6-5-11-9-18-8-7-12(11)14(15,16)17/h7-10,13,19H,4-6H2,1-3H3. The highest BCUT2D eigenvalue weighted by atomic mass is 19.4. The molecule has 0 radical (unpaired) electrons. The van der Waals surface area contributed by atoms with E-state index in [1.54, 1.807) is 0 Å². The fourth-order valence-corrected chi connectivity index (χ4v) is 2.15. The van der Waals surface area contributed by atoms with Crippen molar-refractivity contribution in [3.05, 3.63) is 29.6 Å². The fraction of sp³-hybridized carbons (Fsp3) is 0.643. The molecule has 0 spiro atoms. The SMILES string of the molecule is CCNC(CCc1cnccc1C(F)(F)F)C(C)C. The molecule has 1 heterocycles. The lowest BCUT2D eigenvalue weighted by Gasteiger charge is -2.22. The summed E-state index contributed by atoms with van der Waals surface area (Å²) in [5.41, 5.74) is -0.292. The zero-order chi connectivity index (χ0) is 14.5. The normalized spacial score (nSPS) is 13.8. The van der Waals surface area contributed by atoms with Crippen molar-refractivity contribution in [2.75, 3.05) is 6.54 Å². The summed E-state index contributed by atoms with van der Waals surface area (Å²) >= 11 is 0. The van der Waals surface area contributed by atoms with E-state index in [0.717, 1.165) is 12.6 Å². The molecule has 1 N–H and O–H groups in total. The van der Waals surface area contributed by atoms with E-state index in [-0.39, 0.29) is 11.6 Å². The number of nitrogens with one attached hydrogen (secondary N) is 1. The molecule has 0 saturated carbocycles. The van der Waals surface area contributed by atoms with Crippen molar-refractivity contribution >= 4 is 0 Å². The monoisotopic (exact) mass is 274 g/mol. The zero-order valence-electron chi connectivity index (χ0n) is 11.6. The molecule has 19 heavy (non-hydrogen) atoms. The second-order valence-electron chi connectivity index (χ2n) is 4.98. The van der Waals surface area contributed by atoms with Gasteiger partial charge >= 0.3 is 6.18 Å². The van der Waals surface area contributed by atoms with E-state index in [2.05, 4.69) is 24.1 Å². The maximum atomic E-state index is 12.8. The Bertz CT molecular complexity index is 389. The van der Waals surface area contributed by atoms with E-state index in [1.165, 1.54) is 12.4 Å². The van der Waals surface area contributed by atoms with Crippen molar-refractivity contribution in [1.82, 2.24) is 10.3 Å². The number of rotatable bonds is 6. The molecule has 0 aromatic carbocycles. The van der Waals surface area contributed by atoms with Gasteiger partial charge in [0.2, 0.25) is 0 Å². The fourth-order valence-electron chi connectivity index (χ4n) is 2.15. The number of hydrogen-bond acceptors (Lipinski definition) is 2. The van der Waals surface area contributed by atoms with Gasteiger partial charge < -0.3 is 5.32 Å². The molecule has 1 aromatic rings. The van der Waals surface area contributed by atoms with Crippen LogP contribution in [0.1, 0.15) is 38.3 Å². The lowest BCUT2D eigenvalue weighted by molar-refractivity contribution is -0.138. The molecule has 0 aliphatic heterocycles. The van der Waals surface area contributed by atoms with Crippen molar-refractivity contribution in [1.29, 1.82) is 0 Å². The number of hydrogen-bond donors (Lipinski definition) is 1. The maximum Gasteiger partial charge on any atom is 0.416 e. The molecule has 0 aliphatic carbocycles. The van der Waals surface area contributed by atoms with Crippen LogP contribution in [0.25, 0.3) is 0 Å². The minimum atomic E-state index is -4.30. The number of aryl methyl sites for hydroxylation is 1. The lowest BCUT2D eigenvalue weighted by Crippen LogP contribution is -2.34. The minimum absolute atomic E-state index is 0.228. The van der Waals surface area contributed by atoms with Gasteiger partial charge in [-0.25, -0.2) is 0 Å². The Morgan fingerprint density at radius 2 is 2.00 bits per heavy atom. The second-order valence-corrected chi connectivity index (χ2v) is 4.98. The van der Waals surface area contributed by atoms with Crippen molar-refractivity contribution in [2.45, 2.75) is 45.8 Å². The van der Waals surface area contributed by atoms with Gasteiger partial charge in [0.25, 0.3) is 0 Å². The molecule has 1 atom stereocenters. The summed E-state index contributed by atoms with van der Waals surface area (Å²) in [6.07, 6.45) is -0.717. The van der Waals surface area contributed by atoms with Crippen LogP contribution in [0.5, 0.6) is 0 Å². The molecule has 1 unspecified atom stereocenters. The van der Waals surface area contributed by atoms with Crippen LogP contribution in [0.4, 0.5) is 13.2 Å². The summed E-state index contributed by atoms with van der Waals surface area (Å²) in [7, 11) is 0. The van der Waals surface area contributed by atoms with Crippen LogP contribution in [-0.2, 0) is 12.6 Å². The quantitative estimate of drug-likeness (QED) is 0.856. The van der Waals surface area contributed by atoms with Crippen LogP contribution in [0.3, 0.4) is 0 Å². The summed E-state index contributed by atoms with van der Waals surface area (Å²) in [5, 5.41) is 3.31. The molecule has 5 heteroatoms. The molecule has 0 aliphatic rings. The Labute approximate surface area is 112 Å².